The highest BCUT2D eigenvalue weighted by molar-refractivity contribution is 6.00. The molecule has 0 radical (unpaired) electrons. The summed E-state index contributed by atoms with van der Waals surface area (Å²) in [7, 11) is 0. The molecule has 4 heteroatoms. The lowest BCUT2D eigenvalue weighted by molar-refractivity contribution is 0.112. The molecular formula is C21H20FNO2. The van der Waals surface area contributed by atoms with Crippen molar-refractivity contribution in [2.75, 3.05) is 6.61 Å². The van der Waals surface area contributed by atoms with E-state index >= 15 is 0 Å². The Kier molecular flexibility index (Phi) is 4.55. The minimum atomic E-state index is -1.50. The highest BCUT2D eigenvalue weighted by atomic mass is 19.1. The number of dihydropyridines is 1. The van der Waals surface area contributed by atoms with E-state index in [1.807, 2.05) is 44.2 Å². The highest BCUT2D eigenvalue weighted by Gasteiger charge is 2.44. The van der Waals surface area contributed by atoms with Crippen LogP contribution in [0.25, 0.3) is 5.57 Å². The number of rotatable bonds is 3. The highest BCUT2D eigenvalue weighted by Crippen LogP contribution is 2.43. The van der Waals surface area contributed by atoms with Gasteiger partial charge in [-0.05, 0) is 42.7 Å². The molecule has 1 aliphatic heterocycles. The van der Waals surface area contributed by atoms with Crippen LogP contribution in [0.15, 0.2) is 77.4 Å². The first-order chi connectivity index (χ1) is 12.0. The molecule has 0 aliphatic carbocycles. The third kappa shape index (κ3) is 2.89. The number of allylic oxidation sites excluding steroid dienone is 1. The molecule has 0 bridgehead atoms. The molecular weight excluding hydrogens is 317 g/mol. The van der Waals surface area contributed by atoms with Crippen LogP contribution < -0.4 is 0 Å². The normalized spacial score (nSPS) is 20.5. The maximum Gasteiger partial charge on any atom is 0.230 e. The van der Waals surface area contributed by atoms with E-state index in [1.165, 1.54) is 12.1 Å². The van der Waals surface area contributed by atoms with Crippen LogP contribution in [0.1, 0.15) is 25.0 Å². The van der Waals surface area contributed by atoms with Crippen LogP contribution in [-0.2, 0) is 10.3 Å². The maximum atomic E-state index is 13.3. The van der Waals surface area contributed by atoms with Gasteiger partial charge in [0, 0.05) is 5.57 Å². The topological polar surface area (TPSA) is 41.8 Å². The molecule has 0 aromatic heterocycles. The lowest BCUT2D eigenvalue weighted by Gasteiger charge is -2.35. The van der Waals surface area contributed by atoms with Crippen LogP contribution in [-0.4, -0.2) is 17.6 Å². The predicted molar refractivity (Wildman–Crippen MR) is 97.5 cm³/mol. The van der Waals surface area contributed by atoms with Crippen molar-refractivity contribution >= 4 is 11.5 Å². The molecule has 1 N–H and O–H groups in total. The van der Waals surface area contributed by atoms with Crippen molar-refractivity contribution in [3.05, 3.63) is 89.4 Å². The van der Waals surface area contributed by atoms with Crippen molar-refractivity contribution < 1.29 is 14.2 Å². The molecule has 0 saturated heterocycles. The van der Waals surface area contributed by atoms with Gasteiger partial charge in [-0.25, -0.2) is 9.38 Å². The summed E-state index contributed by atoms with van der Waals surface area (Å²) in [5.74, 6) is -0.116. The molecule has 1 unspecified atom stereocenters. The van der Waals surface area contributed by atoms with Crippen LogP contribution in [0, 0.1) is 5.82 Å². The Bertz CT molecular complexity index is 853. The number of aliphatic imine (C=N–C) groups is 1. The van der Waals surface area contributed by atoms with Crippen LogP contribution in [0.5, 0.6) is 0 Å². The molecule has 128 valence electrons. The monoisotopic (exact) mass is 337 g/mol. The summed E-state index contributed by atoms with van der Waals surface area (Å²) < 4.78 is 18.9. The zero-order chi connectivity index (χ0) is 18.0. The van der Waals surface area contributed by atoms with E-state index in [0.29, 0.717) is 29.0 Å². The average Bonchev–Trinajstić information content (AvgIpc) is 2.62. The van der Waals surface area contributed by atoms with Crippen LogP contribution in [0.4, 0.5) is 4.39 Å². The smallest absolute Gasteiger partial charge is 0.230 e. The Labute approximate surface area is 146 Å². The van der Waals surface area contributed by atoms with Crippen LogP contribution in [0.3, 0.4) is 0 Å². The first-order valence-electron chi connectivity index (χ1n) is 8.15. The third-order valence-corrected chi connectivity index (χ3v) is 4.36. The summed E-state index contributed by atoms with van der Waals surface area (Å²) in [5.41, 5.74) is 1.73. The molecule has 1 atom stereocenters. The fourth-order valence-corrected chi connectivity index (χ4v) is 3.11. The Morgan fingerprint density at radius 3 is 2.36 bits per heavy atom. The fourth-order valence-electron chi connectivity index (χ4n) is 3.11. The largest absolute Gasteiger partial charge is 0.478 e. The van der Waals surface area contributed by atoms with Crippen molar-refractivity contribution in [1.29, 1.82) is 0 Å². The fraction of sp³-hybridized carbons (Fsp3) is 0.190. The van der Waals surface area contributed by atoms with Gasteiger partial charge in [-0.1, -0.05) is 49.0 Å². The summed E-state index contributed by atoms with van der Waals surface area (Å²) in [4.78, 5) is 4.43. The second-order valence-corrected chi connectivity index (χ2v) is 5.88. The number of ether oxygens (including phenoxy) is 1. The molecule has 2 aromatic rings. The molecule has 0 amide bonds. The van der Waals surface area contributed by atoms with Gasteiger partial charge in [-0.15, -0.1) is 0 Å². The lowest BCUT2D eigenvalue weighted by Crippen LogP contribution is -2.41. The Morgan fingerprint density at radius 2 is 1.76 bits per heavy atom. The summed E-state index contributed by atoms with van der Waals surface area (Å²) in [6, 6.07) is 15.3. The number of halogens is 1. The van der Waals surface area contributed by atoms with Gasteiger partial charge >= 0.3 is 0 Å². The molecule has 1 aliphatic rings. The zero-order valence-corrected chi connectivity index (χ0v) is 14.3. The van der Waals surface area contributed by atoms with Crippen molar-refractivity contribution in [2.24, 2.45) is 4.99 Å². The SMILES string of the molecule is C=C1N=C(OCC)C(O)(c2ccccc2)C(C)=C1c1ccc(F)cc1. The van der Waals surface area contributed by atoms with Crippen LogP contribution in [0.2, 0.25) is 0 Å². The van der Waals surface area contributed by atoms with Crippen molar-refractivity contribution in [3.8, 4) is 0 Å². The Balaban J connectivity index is 2.22. The Hall–Kier alpha value is -2.72. The lowest BCUT2D eigenvalue weighted by atomic mass is 9.79. The van der Waals surface area contributed by atoms with E-state index in [1.54, 1.807) is 12.1 Å². The molecule has 1 heterocycles. The van der Waals surface area contributed by atoms with Crippen molar-refractivity contribution in [2.45, 2.75) is 19.4 Å². The molecule has 0 saturated carbocycles. The minimum Gasteiger partial charge on any atom is -0.478 e. The number of nitrogens with zero attached hydrogens (tertiary/aromatic N) is 1. The van der Waals surface area contributed by atoms with Crippen molar-refractivity contribution in [1.82, 2.24) is 0 Å². The second-order valence-electron chi connectivity index (χ2n) is 5.88. The maximum absolute atomic E-state index is 13.3. The number of hydrogen-bond donors (Lipinski definition) is 1. The Morgan fingerprint density at radius 1 is 1.12 bits per heavy atom. The van der Waals surface area contributed by atoms with Gasteiger partial charge in [0.25, 0.3) is 0 Å². The number of aliphatic hydroxyl groups is 1. The summed E-state index contributed by atoms with van der Waals surface area (Å²) in [6.07, 6.45) is 0. The first kappa shape index (κ1) is 17.1. The van der Waals surface area contributed by atoms with E-state index in [9.17, 15) is 9.50 Å². The van der Waals surface area contributed by atoms with Gasteiger partial charge in [0.05, 0.1) is 12.3 Å². The van der Waals surface area contributed by atoms with E-state index in [-0.39, 0.29) is 11.7 Å². The van der Waals surface area contributed by atoms with Gasteiger partial charge in [0.15, 0.2) is 5.60 Å². The molecule has 2 aromatic carbocycles. The summed E-state index contributed by atoms with van der Waals surface area (Å²) >= 11 is 0. The van der Waals surface area contributed by atoms with Gasteiger partial charge in [0.1, 0.15) is 5.82 Å². The second kappa shape index (κ2) is 6.65. The van der Waals surface area contributed by atoms with Gasteiger partial charge in [0.2, 0.25) is 5.90 Å². The van der Waals surface area contributed by atoms with E-state index in [0.717, 1.165) is 5.56 Å². The summed E-state index contributed by atoms with van der Waals surface area (Å²) in [5, 5.41) is 11.6. The van der Waals surface area contributed by atoms with E-state index in [2.05, 4.69) is 11.6 Å². The van der Waals surface area contributed by atoms with E-state index < -0.39 is 5.60 Å². The molecule has 3 nitrogen and oxygen atoms in total. The molecule has 3 rings (SSSR count). The third-order valence-electron chi connectivity index (χ3n) is 4.36. The minimum absolute atomic E-state index is 0.203. The van der Waals surface area contributed by atoms with E-state index in [4.69, 9.17) is 4.74 Å². The zero-order valence-electron chi connectivity index (χ0n) is 14.3. The molecule has 0 fully saturated rings. The summed E-state index contributed by atoms with van der Waals surface area (Å²) in [6.45, 7) is 8.04. The first-order valence-corrected chi connectivity index (χ1v) is 8.15. The van der Waals surface area contributed by atoms with Gasteiger partial charge in [-0.3, -0.25) is 0 Å². The molecule has 0 spiro atoms. The van der Waals surface area contributed by atoms with Crippen molar-refractivity contribution in [3.63, 3.8) is 0 Å². The number of benzene rings is 2. The standard InChI is InChI=1S/C21H20FNO2/c1-4-25-20-21(24,17-8-6-5-7-9-17)14(2)19(15(3)23-20)16-10-12-18(22)13-11-16/h5-13,24H,3-4H2,1-2H3. The average molecular weight is 337 g/mol. The predicted octanol–water partition coefficient (Wildman–Crippen LogP) is 4.45. The number of hydrogen-bond acceptors (Lipinski definition) is 3. The van der Waals surface area contributed by atoms with Gasteiger partial charge in [-0.2, -0.15) is 0 Å². The van der Waals surface area contributed by atoms with Crippen LogP contribution >= 0.6 is 0 Å². The molecule has 25 heavy (non-hydrogen) atoms. The van der Waals surface area contributed by atoms with Gasteiger partial charge < -0.3 is 9.84 Å². The quantitative estimate of drug-likeness (QED) is 0.899.